The lowest BCUT2D eigenvalue weighted by molar-refractivity contribution is 0.201. The summed E-state index contributed by atoms with van der Waals surface area (Å²) in [6.45, 7) is 6.57. The van der Waals surface area contributed by atoms with Gasteiger partial charge in [0.2, 0.25) is 0 Å². The molecule has 0 aliphatic rings. The third-order valence-corrected chi connectivity index (χ3v) is 8.80. The summed E-state index contributed by atoms with van der Waals surface area (Å²) in [5, 5.41) is 38.7. The van der Waals surface area contributed by atoms with E-state index in [0.29, 0.717) is 28.7 Å². The number of anilines is 1. The summed E-state index contributed by atoms with van der Waals surface area (Å²) in [6, 6.07) is 25.5. The normalized spacial score (nSPS) is 11.5. The van der Waals surface area contributed by atoms with Crippen molar-refractivity contribution in [1.82, 2.24) is 29.7 Å². The van der Waals surface area contributed by atoms with Crippen LogP contribution in [0.15, 0.2) is 101 Å². The number of nitrogens with zero attached hydrogens (tertiary/aromatic N) is 5. The summed E-state index contributed by atoms with van der Waals surface area (Å²) >= 11 is 7.60. The summed E-state index contributed by atoms with van der Waals surface area (Å²) in [4.78, 5) is 15.2. The summed E-state index contributed by atoms with van der Waals surface area (Å²) < 4.78 is 9.00. The van der Waals surface area contributed by atoms with Crippen molar-refractivity contribution in [3.8, 4) is 28.6 Å². The van der Waals surface area contributed by atoms with Gasteiger partial charge in [0.25, 0.3) is 0 Å². The SMILES string of the molecule is CC(C)(C)c1cc(NC(=O)NCc2ccccc2Sc2ccc3nnc(-c4ccc(OCCO)cc4)n3c2)n(-c2ccc(Cl)c(O)c2)n1. The van der Waals surface area contributed by atoms with Crippen molar-refractivity contribution < 1.29 is 19.7 Å². The lowest BCUT2D eigenvalue weighted by Gasteiger charge is -2.14. The van der Waals surface area contributed by atoms with Crippen LogP contribution >= 0.6 is 23.4 Å². The highest BCUT2D eigenvalue weighted by atomic mass is 35.5. The van der Waals surface area contributed by atoms with Gasteiger partial charge in [0.05, 0.1) is 23.0 Å². The van der Waals surface area contributed by atoms with Gasteiger partial charge < -0.3 is 20.3 Å². The molecule has 0 saturated carbocycles. The second-order valence-electron chi connectivity index (χ2n) is 11.9. The molecule has 0 fully saturated rings. The van der Waals surface area contributed by atoms with Crippen LogP contribution in [0.4, 0.5) is 10.6 Å². The van der Waals surface area contributed by atoms with Gasteiger partial charge in [0, 0.05) is 45.6 Å². The van der Waals surface area contributed by atoms with Gasteiger partial charge in [-0.3, -0.25) is 9.72 Å². The molecule has 3 heterocycles. The highest BCUT2D eigenvalue weighted by molar-refractivity contribution is 7.99. The van der Waals surface area contributed by atoms with E-state index in [0.717, 1.165) is 26.6 Å². The number of phenols is 1. The number of hydrogen-bond acceptors (Lipinski definition) is 8. The number of aromatic nitrogens is 5. The van der Waals surface area contributed by atoms with E-state index < -0.39 is 6.03 Å². The smallest absolute Gasteiger partial charge is 0.320 e. The number of phenolic OH excluding ortho intramolecular Hbond substituents is 1. The highest BCUT2D eigenvalue weighted by Gasteiger charge is 2.22. The van der Waals surface area contributed by atoms with Crippen LogP contribution in [0.5, 0.6) is 11.5 Å². The Morgan fingerprint density at radius 1 is 1.00 bits per heavy atom. The van der Waals surface area contributed by atoms with Gasteiger partial charge in [-0.25, -0.2) is 9.48 Å². The lowest BCUT2D eigenvalue weighted by atomic mass is 9.92. The van der Waals surface area contributed by atoms with E-state index in [1.54, 1.807) is 28.6 Å². The zero-order valence-electron chi connectivity index (χ0n) is 26.5. The fraction of sp³-hybridized carbons (Fsp3) is 0.200. The molecule has 48 heavy (non-hydrogen) atoms. The van der Waals surface area contributed by atoms with E-state index in [-0.39, 0.29) is 35.9 Å². The van der Waals surface area contributed by atoms with Crippen molar-refractivity contribution >= 4 is 40.9 Å². The number of aromatic hydroxyl groups is 1. The van der Waals surface area contributed by atoms with E-state index in [1.807, 2.05) is 98.1 Å². The molecule has 11 nitrogen and oxygen atoms in total. The van der Waals surface area contributed by atoms with Crippen molar-refractivity contribution in [1.29, 1.82) is 0 Å². The number of nitrogens with one attached hydrogen (secondary N) is 2. The maximum absolute atomic E-state index is 13.2. The number of hydrogen-bond donors (Lipinski definition) is 4. The number of ether oxygens (including phenoxy) is 1. The molecule has 0 unspecified atom stereocenters. The number of aliphatic hydroxyl groups excluding tert-OH is 1. The van der Waals surface area contributed by atoms with Crippen molar-refractivity contribution in [2.24, 2.45) is 0 Å². The van der Waals surface area contributed by atoms with Crippen LogP contribution in [0, 0.1) is 0 Å². The molecule has 246 valence electrons. The molecule has 0 aliphatic carbocycles. The Morgan fingerprint density at radius 3 is 2.54 bits per heavy atom. The van der Waals surface area contributed by atoms with Crippen LogP contribution in [-0.4, -0.2) is 53.8 Å². The molecule has 13 heteroatoms. The van der Waals surface area contributed by atoms with E-state index in [1.165, 1.54) is 6.07 Å². The minimum atomic E-state index is -0.405. The van der Waals surface area contributed by atoms with E-state index in [2.05, 4.69) is 20.8 Å². The standard InChI is InChI=1S/C35H34ClN7O4S/c1-35(2,3)30-19-32(43(41-30)24-10-14-27(36)28(45)18-24)38-34(46)37-20-23-6-4-5-7-29(23)48-26-13-15-31-39-40-33(42(31)21-26)22-8-11-25(12-9-22)47-17-16-44/h4-15,18-19,21,44-45H,16-17,20H2,1-3H3,(H2,37,38,46). The number of fused-ring (bicyclic) bond motifs is 1. The second kappa shape index (κ2) is 14.0. The Morgan fingerprint density at radius 2 is 1.79 bits per heavy atom. The largest absolute Gasteiger partial charge is 0.506 e. The van der Waals surface area contributed by atoms with Crippen LogP contribution in [0.2, 0.25) is 5.02 Å². The van der Waals surface area contributed by atoms with Crippen molar-refractivity contribution in [2.75, 3.05) is 18.5 Å². The maximum atomic E-state index is 13.2. The molecular formula is C35H34ClN7O4S. The van der Waals surface area contributed by atoms with E-state index in [9.17, 15) is 9.90 Å². The van der Waals surface area contributed by atoms with Gasteiger partial charge in [-0.15, -0.1) is 10.2 Å². The Bertz CT molecular complexity index is 2070. The maximum Gasteiger partial charge on any atom is 0.320 e. The van der Waals surface area contributed by atoms with Crippen LogP contribution in [-0.2, 0) is 12.0 Å². The summed E-state index contributed by atoms with van der Waals surface area (Å²) in [7, 11) is 0. The van der Waals surface area contributed by atoms with Gasteiger partial charge in [-0.05, 0) is 60.2 Å². The summed E-state index contributed by atoms with van der Waals surface area (Å²) in [6.07, 6.45) is 1.99. The van der Waals surface area contributed by atoms with Gasteiger partial charge in [0.1, 0.15) is 23.9 Å². The molecule has 3 aromatic heterocycles. The molecule has 2 amide bonds. The minimum Gasteiger partial charge on any atom is -0.506 e. The van der Waals surface area contributed by atoms with Gasteiger partial charge in [-0.1, -0.05) is 62.3 Å². The van der Waals surface area contributed by atoms with Gasteiger partial charge in [0.15, 0.2) is 11.5 Å². The third kappa shape index (κ3) is 7.41. The van der Waals surface area contributed by atoms with Crippen molar-refractivity contribution in [3.63, 3.8) is 0 Å². The molecule has 4 N–H and O–H groups in total. The minimum absolute atomic E-state index is 0.0495. The Balaban J connectivity index is 1.17. The second-order valence-corrected chi connectivity index (χ2v) is 13.5. The number of carbonyl (C=O) groups excluding carboxylic acids is 1. The molecule has 3 aromatic carbocycles. The highest BCUT2D eigenvalue weighted by Crippen LogP contribution is 2.33. The topological polar surface area (TPSA) is 139 Å². The van der Waals surface area contributed by atoms with Gasteiger partial charge in [-0.2, -0.15) is 5.10 Å². The van der Waals surface area contributed by atoms with Crippen LogP contribution in [0.3, 0.4) is 0 Å². The lowest BCUT2D eigenvalue weighted by Crippen LogP contribution is -2.29. The number of amides is 2. The molecule has 0 spiro atoms. The number of rotatable bonds is 10. The zero-order chi connectivity index (χ0) is 33.8. The monoisotopic (exact) mass is 683 g/mol. The number of pyridine rings is 1. The third-order valence-electron chi connectivity index (χ3n) is 7.38. The number of benzene rings is 3. The number of urea groups is 1. The first-order valence-corrected chi connectivity index (χ1v) is 16.4. The molecule has 0 aliphatic heterocycles. The first-order chi connectivity index (χ1) is 23.1. The number of carbonyl (C=O) groups is 1. The molecule has 0 atom stereocenters. The fourth-order valence-electron chi connectivity index (χ4n) is 4.87. The van der Waals surface area contributed by atoms with Crippen LogP contribution in [0.1, 0.15) is 32.0 Å². The zero-order valence-corrected chi connectivity index (χ0v) is 28.1. The molecular weight excluding hydrogens is 650 g/mol. The van der Waals surface area contributed by atoms with Crippen LogP contribution in [0.25, 0.3) is 22.7 Å². The van der Waals surface area contributed by atoms with Gasteiger partial charge >= 0.3 is 6.03 Å². The van der Waals surface area contributed by atoms with Crippen LogP contribution < -0.4 is 15.4 Å². The first kappa shape index (κ1) is 32.9. The molecule has 0 radical (unpaired) electrons. The van der Waals surface area contributed by atoms with E-state index >= 15 is 0 Å². The van der Waals surface area contributed by atoms with Crippen molar-refractivity contribution in [3.05, 3.63) is 107 Å². The fourth-order valence-corrected chi connectivity index (χ4v) is 5.95. The Labute approximate surface area is 286 Å². The van der Waals surface area contributed by atoms with Crippen molar-refractivity contribution in [2.45, 2.75) is 42.5 Å². The Kier molecular flexibility index (Phi) is 9.58. The predicted molar refractivity (Wildman–Crippen MR) is 186 cm³/mol. The predicted octanol–water partition coefficient (Wildman–Crippen LogP) is 7.08. The average Bonchev–Trinajstić information content (AvgIpc) is 3.69. The number of halogens is 1. The quantitative estimate of drug-likeness (QED) is 0.120. The molecule has 0 saturated heterocycles. The summed E-state index contributed by atoms with van der Waals surface area (Å²) in [5.74, 6) is 1.73. The molecule has 0 bridgehead atoms. The summed E-state index contributed by atoms with van der Waals surface area (Å²) in [5.41, 5.74) is 3.57. The molecule has 6 rings (SSSR count). The van der Waals surface area contributed by atoms with E-state index in [4.69, 9.17) is 26.5 Å². The Hall–Kier alpha value is -5.04. The first-order valence-electron chi connectivity index (χ1n) is 15.2. The molecule has 6 aromatic rings. The average molecular weight is 684 g/mol. The number of aliphatic hydroxyl groups is 1.